The smallest absolute Gasteiger partial charge is 0.326 e. The zero-order valence-corrected chi connectivity index (χ0v) is 10.6. The Kier molecular flexibility index (Phi) is 3.36. The number of halogens is 3. The summed E-state index contributed by atoms with van der Waals surface area (Å²) in [6.45, 7) is 3.53. The molecule has 2 rings (SSSR count). The maximum absolute atomic E-state index is 13.1. The molecule has 2 N–H and O–H groups in total. The van der Waals surface area contributed by atoms with Crippen LogP contribution in [-0.4, -0.2) is 9.78 Å². The van der Waals surface area contributed by atoms with Gasteiger partial charge in [0.15, 0.2) is 0 Å². The fourth-order valence-electron chi connectivity index (χ4n) is 1.99. The van der Waals surface area contributed by atoms with E-state index in [9.17, 15) is 13.2 Å². The quantitative estimate of drug-likeness (QED) is 0.910. The molecule has 1 aromatic carbocycles. The van der Waals surface area contributed by atoms with Gasteiger partial charge >= 0.3 is 6.18 Å². The summed E-state index contributed by atoms with van der Waals surface area (Å²) < 4.78 is 40.6. The van der Waals surface area contributed by atoms with Gasteiger partial charge in [0.25, 0.3) is 0 Å². The van der Waals surface area contributed by atoms with Crippen molar-refractivity contribution in [1.82, 2.24) is 9.78 Å². The molecule has 2 aromatic rings. The molecule has 0 amide bonds. The number of rotatable bonds is 2. The van der Waals surface area contributed by atoms with Crippen LogP contribution in [-0.2, 0) is 12.7 Å². The van der Waals surface area contributed by atoms with E-state index in [-0.39, 0.29) is 12.2 Å². The molecule has 0 aliphatic heterocycles. The van der Waals surface area contributed by atoms with E-state index in [1.165, 1.54) is 10.7 Å². The molecule has 0 fully saturated rings. The third kappa shape index (κ3) is 2.63. The van der Waals surface area contributed by atoms with Gasteiger partial charge in [0.1, 0.15) is 0 Å². The molecule has 0 saturated carbocycles. The first-order chi connectivity index (χ1) is 8.82. The molecule has 0 saturated heterocycles. The molecule has 6 heteroatoms. The van der Waals surface area contributed by atoms with Crippen LogP contribution in [0.3, 0.4) is 0 Å². The Hall–Kier alpha value is -1.82. The van der Waals surface area contributed by atoms with Crippen molar-refractivity contribution in [3.8, 4) is 5.69 Å². The van der Waals surface area contributed by atoms with Crippen LogP contribution < -0.4 is 5.73 Å². The summed E-state index contributed by atoms with van der Waals surface area (Å²) in [7, 11) is 0. The topological polar surface area (TPSA) is 43.8 Å². The Bertz CT molecular complexity index is 600. The molecule has 1 aromatic heterocycles. The average Bonchev–Trinajstić information content (AvgIpc) is 2.66. The molecule has 0 radical (unpaired) electrons. The molecular weight excluding hydrogens is 255 g/mol. The summed E-state index contributed by atoms with van der Waals surface area (Å²) >= 11 is 0. The molecule has 19 heavy (non-hydrogen) atoms. The van der Waals surface area contributed by atoms with Crippen LogP contribution >= 0.6 is 0 Å². The van der Waals surface area contributed by atoms with Gasteiger partial charge in [-0.05, 0) is 37.6 Å². The van der Waals surface area contributed by atoms with Crippen molar-refractivity contribution in [1.29, 1.82) is 0 Å². The van der Waals surface area contributed by atoms with Crippen LogP contribution in [0.25, 0.3) is 5.69 Å². The minimum atomic E-state index is -4.44. The fraction of sp³-hybridized carbons (Fsp3) is 0.308. The highest BCUT2D eigenvalue weighted by Gasteiger charge is 2.34. The van der Waals surface area contributed by atoms with Crippen molar-refractivity contribution in [3.05, 3.63) is 46.8 Å². The van der Waals surface area contributed by atoms with E-state index < -0.39 is 11.7 Å². The van der Waals surface area contributed by atoms with Crippen LogP contribution in [0.5, 0.6) is 0 Å². The number of alkyl halides is 3. The zero-order valence-electron chi connectivity index (χ0n) is 10.6. The molecule has 0 aliphatic rings. The second-order valence-electron chi connectivity index (χ2n) is 4.39. The molecule has 3 nitrogen and oxygen atoms in total. The Labute approximate surface area is 108 Å². The number of benzene rings is 1. The van der Waals surface area contributed by atoms with Crippen molar-refractivity contribution in [2.75, 3.05) is 0 Å². The lowest BCUT2D eigenvalue weighted by Gasteiger charge is -2.15. The summed E-state index contributed by atoms with van der Waals surface area (Å²) in [6, 6.07) is 5.80. The maximum atomic E-state index is 13.1. The minimum Gasteiger partial charge on any atom is -0.326 e. The highest BCUT2D eigenvalue weighted by Crippen LogP contribution is 2.34. The first-order valence-corrected chi connectivity index (χ1v) is 5.76. The van der Waals surface area contributed by atoms with Crippen LogP contribution in [0, 0.1) is 13.8 Å². The van der Waals surface area contributed by atoms with Crippen molar-refractivity contribution in [2.45, 2.75) is 26.6 Å². The van der Waals surface area contributed by atoms with E-state index >= 15 is 0 Å². The SMILES string of the molecule is Cc1cc(C)n(-c2ccc(CN)cc2C(F)(F)F)n1. The van der Waals surface area contributed by atoms with Gasteiger partial charge in [0.05, 0.1) is 16.9 Å². The second-order valence-corrected chi connectivity index (χ2v) is 4.39. The zero-order chi connectivity index (χ0) is 14.2. The number of aryl methyl sites for hydroxylation is 2. The Balaban J connectivity index is 2.66. The Morgan fingerprint density at radius 1 is 1.21 bits per heavy atom. The summed E-state index contributed by atoms with van der Waals surface area (Å²) in [5.41, 5.74) is 6.47. The van der Waals surface area contributed by atoms with Gasteiger partial charge in [-0.25, -0.2) is 4.68 Å². The molecular formula is C13H14F3N3. The number of aromatic nitrogens is 2. The largest absolute Gasteiger partial charge is 0.418 e. The number of hydrogen-bond donors (Lipinski definition) is 1. The molecule has 0 spiro atoms. The number of nitrogens with zero attached hydrogens (tertiary/aromatic N) is 2. The van der Waals surface area contributed by atoms with Crippen molar-refractivity contribution < 1.29 is 13.2 Å². The minimum absolute atomic E-state index is 0.0234. The highest BCUT2D eigenvalue weighted by molar-refractivity contribution is 5.46. The first kappa shape index (κ1) is 13.6. The van der Waals surface area contributed by atoms with E-state index in [0.717, 1.165) is 6.07 Å². The van der Waals surface area contributed by atoms with Gasteiger partial charge in [0, 0.05) is 12.2 Å². The molecule has 0 atom stereocenters. The number of nitrogens with two attached hydrogens (primary N) is 1. The summed E-state index contributed by atoms with van der Waals surface area (Å²) in [5, 5.41) is 4.10. The molecule has 0 unspecified atom stereocenters. The van der Waals surface area contributed by atoms with Gasteiger partial charge in [-0.2, -0.15) is 18.3 Å². The monoisotopic (exact) mass is 269 g/mol. The van der Waals surface area contributed by atoms with Crippen molar-refractivity contribution >= 4 is 0 Å². The normalized spacial score (nSPS) is 11.9. The standard InChI is InChI=1S/C13H14F3N3/c1-8-5-9(2)19(18-8)12-4-3-10(7-17)6-11(12)13(14,15)16/h3-6H,7,17H2,1-2H3. The Morgan fingerprint density at radius 2 is 1.89 bits per heavy atom. The van der Waals surface area contributed by atoms with Gasteiger partial charge < -0.3 is 5.73 Å². The van der Waals surface area contributed by atoms with E-state index in [2.05, 4.69) is 5.10 Å². The van der Waals surface area contributed by atoms with Gasteiger partial charge in [-0.3, -0.25) is 0 Å². The molecule has 0 aliphatic carbocycles. The van der Waals surface area contributed by atoms with Gasteiger partial charge in [-0.1, -0.05) is 6.07 Å². The second kappa shape index (κ2) is 4.70. The van der Waals surface area contributed by atoms with E-state index in [0.29, 0.717) is 17.0 Å². The summed E-state index contributed by atoms with van der Waals surface area (Å²) in [5.74, 6) is 0. The third-order valence-corrected chi connectivity index (χ3v) is 2.84. The van der Waals surface area contributed by atoms with Crippen LogP contribution in [0.15, 0.2) is 24.3 Å². The Morgan fingerprint density at radius 3 is 2.37 bits per heavy atom. The first-order valence-electron chi connectivity index (χ1n) is 5.76. The van der Waals surface area contributed by atoms with Crippen LogP contribution in [0.2, 0.25) is 0 Å². The highest BCUT2D eigenvalue weighted by atomic mass is 19.4. The lowest BCUT2D eigenvalue weighted by molar-refractivity contribution is -0.137. The lowest BCUT2D eigenvalue weighted by Crippen LogP contribution is -2.13. The van der Waals surface area contributed by atoms with Gasteiger partial charge in [-0.15, -0.1) is 0 Å². The summed E-state index contributed by atoms with van der Waals surface area (Å²) in [4.78, 5) is 0. The van der Waals surface area contributed by atoms with E-state index in [4.69, 9.17) is 5.73 Å². The number of hydrogen-bond acceptors (Lipinski definition) is 2. The van der Waals surface area contributed by atoms with Gasteiger partial charge in [0.2, 0.25) is 0 Å². The molecule has 1 heterocycles. The average molecular weight is 269 g/mol. The lowest BCUT2D eigenvalue weighted by atomic mass is 10.1. The van der Waals surface area contributed by atoms with Crippen LogP contribution in [0.4, 0.5) is 13.2 Å². The predicted octanol–water partition coefficient (Wildman–Crippen LogP) is 2.97. The van der Waals surface area contributed by atoms with E-state index in [1.807, 2.05) is 0 Å². The molecule has 102 valence electrons. The van der Waals surface area contributed by atoms with E-state index in [1.54, 1.807) is 26.0 Å². The van der Waals surface area contributed by atoms with Crippen LogP contribution in [0.1, 0.15) is 22.5 Å². The third-order valence-electron chi connectivity index (χ3n) is 2.84. The maximum Gasteiger partial charge on any atom is 0.418 e. The fourth-order valence-corrected chi connectivity index (χ4v) is 1.99. The summed E-state index contributed by atoms with van der Waals surface area (Å²) in [6.07, 6.45) is -4.44. The predicted molar refractivity (Wildman–Crippen MR) is 65.9 cm³/mol. The molecule has 0 bridgehead atoms. The van der Waals surface area contributed by atoms with Crippen molar-refractivity contribution in [2.24, 2.45) is 5.73 Å². The van der Waals surface area contributed by atoms with Crippen molar-refractivity contribution in [3.63, 3.8) is 0 Å².